The van der Waals surface area contributed by atoms with Crippen molar-refractivity contribution >= 4 is 21.9 Å². The quantitative estimate of drug-likeness (QED) is 0.614. The topological polar surface area (TPSA) is 54.5 Å². The predicted molar refractivity (Wildman–Crippen MR) is 87.0 cm³/mol. The van der Waals surface area contributed by atoms with Crippen LogP contribution in [0.25, 0.3) is 6.08 Å². The molecule has 4 nitrogen and oxygen atoms in total. The summed E-state index contributed by atoms with van der Waals surface area (Å²) in [6.45, 7) is 0. The van der Waals surface area contributed by atoms with E-state index in [1.165, 1.54) is 50.5 Å². The summed E-state index contributed by atoms with van der Waals surface area (Å²) in [6.07, 6.45) is 2.22. The summed E-state index contributed by atoms with van der Waals surface area (Å²) in [6, 6.07) is 9.14. The highest BCUT2D eigenvalue weighted by Gasteiger charge is 2.18. The highest BCUT2D eigenvalue weighted by Crippen LogP contribution is 2.17. The summed E-state index contributed by atoms with van der Waals surface area (Å²) in [4.78, 5) is 12.1. The van der Waals surface area contributed by atoms with Crippen LogP contribution in [-0.4, -0.2) is 32.6 Å². The number of hydrogen-bond donors (Lipinski definition) is 0. The van der Waals surface area contributed by atoms with Crippen LogP contribution in [0.15, 0.2) is 53.4 Å². The average molecular weight is 351 g/mol. The minimum atomic E-state index is -3.66. The molecule has 0 bridgehead atoms. The van der Waals surface area contributed by atoms with E-state index in [4.69, 9.17) is 0 Å². The van der Waals surface area contributed by atoms with Crippen LogP contribution >= 0.6 is 0 Å². The minimum absolute atomic E-state index is 0.0244. The van der Waals surface area contributed by atoms with Crippen LogP contribution in [0.5, 0.6) is 0 Å². The van der Waals surface area contributed by atoms with Crippen LogP contribution in [0.1, 0.15) is 15.9 Å². The Balaban J connectivity index is 2.31. The fraction of sp³-hybridized carbons (Fsp3) is 0.118. The molecular weight excluding hydrogens is 336 g/mol. The zero-order valence-corrected chi connectivity index (χ0v) is 13.8. The van der Waals surface area contributed by atoms with Gasteiger partial charge < -0.3 is 0 Å². The van der Waals surface area contributed by atoms with Crippen molar-refractivity contribution in [2.24, 2.45) is 0 Å². The van der Waals surface area contributed by atoms with Crippen LogP contribution in [0, 0.1) is 11.6 Å². The maximum atomic E-state index is 13.5. The molecule has 0 aliphatic heterocycles. The van der Waals surface area contributed by atoms with Crippen molar-refractivity contribution in [1.29, 1.82) is 0 Å². The summed E-state index contributed by atoms with van der Waals surface area (Å²) < 4.78 is 51.8. The lowest BCUT2D eigenvalue weighted by atomic mass is 10.1. The Kier molecular flexibility index (Phi) is 5.26. The number of ketones is 1. The van der Waals surface area contributed by atoms with E-state index >= 15 is 0 Å². The van der Waals surface area contributed by atoms with E-state index in [0.717, 1.165) is 22.5 Å². The monoisotopic (exact) mass is 351 g/mol. The van der Waals surface area contributed by atoms with E-state index in [1.807, 2.05) is 0 Å². The molecule has 0 saturated heterocycles. The second-order valence-electron chi connectivity index (χ2n) is 5.16. The highest BCUT2D eigenvalue weighted by atomic mass is 32.2. The van der Waals surface area contributed by atoms with E-state index in [1.54, 1.807) is 0 Å². The third-order valence-electron chi connectivity index (χ3n) is 3.29. The largest absolute Gasteiger partial charge is 0.289 e. The molecule has 0 fully saturated rings. The van der Waals surface area contributed by atoms with Gasteiger partial charge in [-0.1, -0.05) is 24.3 Å². The summed E-state index contributed by atoms with van der Waals surface area (Å²) in [5, 5.41) is 0. The van der Waals surface area contributed by atoms with E-state index in [-0.39, 0.29) is 16.0 Å². The molecule has 0 N–H and O–H groups in total. The van der Waals surface area contributed by atoms with E-state index < -0.39 is 27.4 Å². The second kappa shape index (κ2) is 7.02. The number of nitrogens with zero attached hydrogens (tertiary/aromatic N) is 1. The van der Waals surface area contributed by atoms with Crippen molar-refractivity contribution in [3.05, 3.63) is 71.3 Å². The van der Waals surface area contributed by atoms with Gasteiger partial charge in [-0.3, -0.25) is 4.79 Å². The maximum Gasteiger partial charge on any atom is 0.242 e. The van der Waals surface area contributed by atoms with Gasteiger partial charge in [0.2, 0.25) is 10.0 Å². The number of halogens is 2. The van der Waals surface area contributed by atoms with Gasteiger partial charge in [0.15, 0.2) is 17.4 Å². The molecule has 0 saturated carbocycles. The number of rotatable bonds is 5. The van der Waals surface area contributed by atoms with Gasteiger partial charge in [-0.05, 0) is 30.4 Å². The predicted octanol–water partition coefficient (Wildman–Crippen LogP) is 3.11. The molecule has 0 amide bonds. The first-order valence-electron chi connectivity index (χ1n) is 6.92. The number of hydrogen-bond acceptors (Lipinski definition) is 3. The SMILES string of the molecule is CN(C)S(=O)(=O)c1cccc(C(=O)/C=C/c2cccc(F)c2F)c1. The van der Waals surface area contributed by atoms with Gasteiger partial charge in [0.25, 0.3) is 0 Å². The molecule has 0 aromatic heterocycles. The summed E-state index contributed by atoms with van der Waals surface area (Å²) in [5.74, 6) is -2.58. The van der Waals surface area contributed by atoms with Gasteiger partial charge in [-0.25, -0.2) is 21.5 Å². The first kappa shape index (κ1) is 18.0. The van der Waals surface area contributed by atoms with Crippen LogP contribution in [0.2, 0.25) is 0 Å². The van der Waals surface area contributed by atoms with Gasteiger partial charge in [-0.2, -0.15) is 0 Å². The number of benzene rings is 2. The van der Waals surface area contributed by atoms with Crippen molar-refractivity contribution in [2.75, 3.05) is 14.1 Å². The zero-order chi connectivity index (χ0) is 17.9. The lowest BCUT2D eigenvalue weighted by molar-refractivity contribution is 0.104. The second-order valence-corrected chi connectivity index (χ2v) is 7.31. The molecule has 0 heterocycles. The van der Waals surface area contributed by atoms with Crippen molar-refractivity contribution < 1.29 is 22.0 Å². The number of carbonyl (C=O) groups excluding carboxylic acids is 1. The molecule has 0 aliphatic carbocycles. The van der Waals surface area contributed by atoms with Gasteiger partial charge in [0.05, 0.1) is 4.90 Å². The molecule has 0 spiro atoms. The Labute approximate surface area is 139 Å². The molecule has 7 heteroatoms. The maximum absolute atomic E-state index is 13.5. The summed E-state index contributed by atoms with van der Waals surface area (Å²) in [5.41, 5.74) is 0.0615. The van der Waals surface area contributed by atoms with Crippen LogP contribution < -0.4 is 0 Å². The van der Waals surface area contributed by atoms with Gasteiger partial charge in [0, 0.05) is 25.2 Å². The van der Waals surface area contributed by atoms with Crippen LogP contribution in [0.3, 0.4) is 0 Å². The molecule has 0 atom stereocenters. The summed E-state index contributed by atoms with van der Waals surface area (Å²) >= 11 is 0. The Bertz CT molecular complexity index is 906. The highest BCUT2D eigenvalue weighted by molar-refractivity contribution is 7.89. The fourth-order valence-corrected chi connectivity index (χ4v) is 2.88. The molecule has 24 heavy (non-hydrogen) atoms. The molecule has 0 radical (unpaired) electrons. The molecule has 0 unspecified atom stereocenters. The Hall–Kier alpha value is -2.38. The lowest BCUT2D eigenvalue weighted by Crippen LogP contribution is -2.22. The number of allylic oxidation sites excluding steroid dienone is 1. The normalized spacial score (nSPS) is 12.0. The zero-order valence-electron chi connectivity index (χ0n) is 13.0. The van der Waals surface area contributed by atoms with Crippen LogP contribution in [-0.2, 0) is 10.0 Å². The molecule has 2 rings (SSSR count). The third kappa shape index (κ3) is 3.74. The standard InChI is InChI=1S/C17H15F2NO3S/c1-20(2)24(22,23)14-7-3-6-13(11-14)16(21)10-9-12-5-4-8-15(18)17(12)19/h3-11H,1-2H3/b10-9+. The van der Waals surface area contributed by atoms with Crippen molar-refractivity contribution in [2.45, 2.75) is 4.90 Å². The van der Waals surface area contributed by atoms with Crippen molar-refractivity contribution in [3.63, 3.8) is 0 Å². The lowest BCUT2D eigenvalue weighted by Gasteiger charge is -2.11. The average Bonchev–Trinajstić information content (AvgIpc) is 2.56. The molecule has 2 aromatic carbocycles. The minimum Gasteiger partial charge on any atom is -0.289 e. The molecule has 126 valence electrons. The number of carbonyl (C=O) groups is 1. The van der Waals surface area contributed by atoms with Crippen LogP contribution in [0.4, 0.5) is 8.78 Å². The van der Waals surface area contributed by atoms with E-state index in [0.29, 0.717) is 0 Å². The summed E-state index contributed by atoms with van der Waals surface area (Å²) in [7, 11) is -0.894. The van der Waals surface area contributed by atoms with E-state index in [2.05, 4.69) is 0 Å². The molecule has 0 aliphatic rings. The van der Waals surface area contributed by atoms with Gasteiger partial charge >= 0.3 is 0 Å². The Morgan fingerprint density at radius 3 is 2.42 bits per heavy atom. The molecule has 2 aromatic rings. The molecular formula is C17H15F2NO3S. The Morgan fingerprint density at radius 2 is 1.75 bits per heavy atom. The first-order valence-corrected chi connectivity index (χ1v) is 8.36. The first-order chi connectivity index (χ1) is 11.2. The van der Waals surface area contributed by atoms with Crippen molar-refractivity contribution in [1.82, 2.24) is 4.31 Å². The van der Waals surface area contributed by atoms with Crippen molar-refractivity contribution in [3.8, 4) is 0 Å². The third-order valence-corrected chi connectivity index (χ3v) is 5.10. The fourth-order valence-electron chi connectivity index (χ4n) is 1.93. The van der Waals surface area contributed by atoms with Gasteiger partial charge in [0.1, 0.15) is 0 Å². The van der Waals surface area contributed by atoms with E-state index in [9.17, 15) is 22.0 Å². The Morgan fingerprint density at radius 1 is 1.08 bits per heavy atom. The smallest absolute Gasteiger partial charge is 0.242 e. The van der Waals surface area contributed by atoms with Gasteiger partial charge in [-0.15, -0.1) is 0 Å². The number of sulfonamides is 1.